The van der Waals surface area contributed by atoms with E-state index in [2.05, 4.69) is 10.6 Å². The second-order valence-electron chi connectivity index (χ2n) is 6.78. The lowest BCUT2D eigenvalue weighted by molar-refractivity contribution is -0.137. The highest BCUT2D eigenvalue weighted by Gasteiger charge is 2.50. The first-order chi connectivity index (χ1) is 12.6. The van der Waals surface area contributed by atoms with Crippen LogP contribution in [0.15, 0.2) is 24.3 Å². The molecule has 0 atom stereocenters. The SMILES string of the molecule is CN1C(=O)NC2(CCN(CC(=O)Nc3ccc(C(F)(F)F)cc3)CC2)C1=O. The van der Waals surface area contributed by atoms with E-state index in [1.807, 2.05) is 4.90 Å². The molecule has 2 heterocycles. The van der Waals surface area contributed by atoms with Crippen LogP contribution in [0.2, 0.25) is 0 Å². The van der Waals surface area contributed by atoms with E-state index in [0.717, 1.165) is 17.0 Å². The Kier molecular flexibility index (Phi) is 4.85. The maximum Gasteiger partial charge on any atom is 0.416 e. The summed E-state index contributed by atoms with van der Waals surface area (Å²) in [7, 11) is 1.43. The zero-order valence-corrected chi connectivity index (χ0v) is 14.6. The van der Waals surface area contributed by atoms with Crippen molar-refractivity contribution in [2.45, 2.75) is 24.6 Å². The van der Waals surface area contributed by atoms with Crippen LogP contribution in [0.3, 0.4) is 0 Å². The maximum atomic E-state index is 12.5. The smallest absolute Gasteiger partial charge is 0.325 e. The van der Waals surface area contributed by atoms with Crippen LogP contribution in [-0.4, -0.2) is 59.9 Å². The minimum Gasteiger partial charge on any atom is -0.325 e. The summed E-state index contributed by atoms with van der Waals surface area (Å²) in [5.41, 5.74) is -1.40. The third-order valence-electron chi connectivity index (χ3n) is 4.94. The average molecular weight is 384 g/mol. The molecule has 0 bridgehead atoms. The van der Waals surface area contributed by atoms with E-state index >= 15 is 0 Å². The molecular weight excluding hydrogens is 365 g/mol. The third kappa shape index (κ3) is 3.90. The molecule has 146 valence electrons. The van der Waals surface area contributed by atoms with Gasteiger partial charge in [0.05, 0.1) is 12.1 Å². The summed E-state index contributed by atoms with van der Waals surface area (Å²) in [4.78, 5) is 38.9. The fraction of sp³-hybridized carbons (Fsp3) is 0.471. The number of imide groups is 1. The van der Waals surface area contributed by atoms with E-state index in [1.54, 1.807) is 0 Å². The van der Waals surface area contributed by atoms with Gasteiger partial charge in [0.1, 0.15) is 5.54 Å². The molecule has 2 saturated heterocycles. The maximum absolute atomic E-state index is 12.5. The first-order valence-corrected chi connectivity index (χ1v) is 8.40. The predicted octanol–water partition coefficient (Wildman–Crippen LogP) is 1.66. The summed E-state index contributed by atoms with van der Waals surface area (Å²) in [6.45, 7) is 0.940. The van der Waals surface area contributed by atoms with Crippen LogP contribution >= 0.6 is 0 Å². The van der Waals surface area contributed by atoms with Crippen LogP contribution < -0.4 is 10.6 Å². The summed E-state index contributed by atoms with van der Waals surface area (Å²) in [5.74, 6) is -0.619. The Morgan fingerprint density at radius 3 is 2.26 bits per heavy atom. The van der Waals surface area contributed by atoms with Gasteiger partial charge in [-0.3, -0.25) is 19.4 Å². The molecular formula is C17H19F3N4O3. The third-order valence-corrected chi connectivity index (χ3v) is 4.94. The van der Waals surface area contributed by atoms with E-state index in [9.17, 15) is 27.6 Å². The number of urea groups is 1. The molecule has 27 heavy (non-hydrogen) atoms. The van der Waals surface area contributed by atoms with Crippen molar-refractivity contribution >= 4 is 23.5 Å². The number of amides is 4. The van der Waals surface area contributed by atoms with Crippen LogP contribution in [0, 0.1) is 0 Å². The monoisotopic (exact) mass is 384 g/mol. The van der Waals surface area contributed by atoms with E-state index in [1.165, 1.54) is 19.2 Å². The number of benzene rings is 1. The van der Waals surface area contributed by atoms with Crippen molar-refractivity contribution < 1.29 is 27.6 Å². The zero-order chi connectivity index (χ0) is 19.8. The van der Waals surface area contributed by atoms with Crippen LogP contribution in [0.1, 0.15) is 18.4 Å². The van der Waals surface area contributed by atoms with Crippen molar-refractivity contribution in [3.63, 3.8) is 0 Å². The van der Waals surface area contributed by atoms with E-state index in [-0.39, 0.29) is 24.0 Å². The number of anilines is 1. The molecule has 7 nitrogen and oxygen atoms in total. The number of halogens is 3. The van der Waals surface area contributed by atoms with Crippen molar-refractivity contribution in [1.82, 2.24) is 15.1 Å². The molecule has 4 amide bonds. The van der Waals surface area contributed by atoms with Crippen molar-refractivity contribution in [1.29, 1.82) is 0 Å². The molecule has 2 aliphatic rings. The van der Waals surface area contributed by atoms with Gasteiger partial charge in [0, 0.05) is 25.8 Å². The average Bonchev–Trinajstić information content (AvgIpc) is 2.81. The molecule has 10 heteroatoms. The summed E-state index contributed by atoms with van der Waals surface area (Å²) >= 11 is 0. The topological polar surface area (TPSA) is 81.8 Å². The first kappa shape index (κ1) is 19.2. The number of alkyl halides is 3. The van der Waals surface area contributed by atoms with Crippen LogP contribution in [0.5, 0.6) is 0 Å². The lowest BCUT2D eigenvalue weighted by Crippen LogP contribution is -2.55. The summed E-state index contributed by atoms with van der Waals surface area (Å²) in [6.07, 6.45) is -3.63. The molecule has 2 N–H and O–H groups in total. The first-order valence-electron chi connectivity index (χ1n) is 8.40. The Balaban J connectivity index is 1.51. The fourth-order valence-electron chi connectivity index (χ4n) is 3.33. The van der Waals surface area contributed by atoms with Crippen LogP contribution in [-0.2, 0) is 15.8 Å². The van der Waals surface area contributed by atoms with Crippen molar-refractivity contribution in [3.8, 4) is 0 Å². The molecule has 0 aliphatic carbocycles. The van der Waals surface area contributed by atoms with Gasteiger partial charge in [-0.1, -0.05) is 0 Å². The molecule has 1 aromatic carbocycles. The van der Waals surface area contributed by atoms with Gasteiger partial charge in [-0.25, -0.2) is 4.79 Å². The highest BCUT2D eigenvalue weighted by atomic mass is 19.4. The molecule has 3 rings (SSSR count). The highest BCUT2D eigenvalue weighted by Crippen LogP contribution is 2.30. The molecule has 2 aliphatic heterocycles. The number of nitrogens with one attached hydrogen (secondary N) is 2. The van der Waals surface area contributed by atoms with Crippen LogP contribution in [0.25, 0.3) is 0 Å². The largest absolute Gasteiger partial charge is 0.416 e. The summed E-state index contributed by atoms with van der Waals surface area (Å²) in [5, 5.41) is 5.28. The zero-order valence-electron chi connectivity index (χ0n) is 14.6. The lowest BCUT2D eigenvalue weighted by Gasteiger charge is -2.36. The van der Waals surface area contributed by atoms with Gasteiger partial charge >= 0.3 is 12.2 Å². The quantitative estimate of drug-likeness (QED) is 0.777. The number of carbonyl (C=O) groups excluding carboxylic acids is 3. The Hall–Kier alpha value is -2.62. The number of rotatable bonds is 3. The fourth-order valence-corrected chi connectivity index (χ4v) is 3.33. The van der Waals surface area contributed by atoms with E-state index in [0.29, 0.717) is 25.9 Å². The van der Waals surface area contributed by atoms with E-state index in [4.69, 9.17) is 0 Å². The van der Waals surface area contributed by atoms with Gasteiger partial charge in [0.2, 0.25) is 5.91 Å². The van der Waals surface area contributed by atoms with Crippen molar-refractivity contribution in [3.05, 3.63) is 29.8 Å². The molecule has 0 unspecified atom stereocenters. The van der Waals surface area contributed by atoms with Gasteiger partial charge in [-0.15, -0.1) is 0 Å². The van der Waals surface area contributed by atoms with Crippen molar-refractivity contribution in [2.24, 2.45) is 0 Å². The van der Waals surface area contributed by atoms with E-state index < -0.39 is 23.3 Å². The molecule has 1 aromatic rings. The summed E-state index contributed by atoms with van der Waals surface area (Å²) in [6, 6.07) is 3.80. The van der Waals surface area contributed by atoms with Gasteiger partial charge in [0.15, 0.2) is 0 Å². The number of likely N-dealkylation sites (tertiary alicyclic amines) is 1. The number of hydrogen-bond acceptors (Lipinski definition) is 4. The lowest BCUT2D eigenvalue weighted by atomic mass is 9.87. The van der Waals surface area contributed by atoms with Gasteiger partial charge in [-0.2, -0.15) is 13.2 Å². The van der Waals surface area contributed by atoms with Gasteiger partial charge in [-0.05, 0) is 37.1 Å². The second kappa shape index (κ2) is 6.84. The number of carbonyl (C=O) groups is 3. The Bertz CT molecular complexity index is 756. The number of hydrogen-bond donors (Lipinski definition) is 2. The Labute approximate surface area is 153 Å². The molecule has 1 spiro atoms. The highest BCUT2D eigenvalue weighted by molar-refractivity contribution is 6.06. The second-order valence-corrected chi connectivity index (χ2v) is 6.78. The van der Waals surface area contributed by atoms with Crippen molar-refractivity contribution in [2.75, 3.05) is 32.0 Å². The minimum atomic E-state index is -4.42. The van der Waals surface area contributed by atoms with Gasteiger partial charge < -0.3 is 10.6 Å². The standard InChI is InChI=1S/C17H19F3N4O3/c1-23-14(26)16(22-15(23)27)6-8-24(9-7-16)10-13(25)21-12-4-2-11(3-5-12)17(18,19)20/h2-5H,6-10H2,1H3,(H,21,25)(H,22,27). The molecule has 0 radical (unpaired) electrons. The molecule has 0 aromatic heterocycles. The number of likely N-dealkylation sites (N-methyl/N-ethyl adjacent to an activating group) is 1. The number of nitrogens with zero attached hydrogens (tertiary/aromatic N) is 2. The molecule has 0 saturated carbocycles. The normalized spacial score (nSPS) is 20.1. The Morgan fingerprint density at radius 1 is 1.19 bits per heavy atom. The Morgan fingerprint density at radius 2 is 1.78 bits per heavy atom. The number of piperidine rings is 1. The molecule has 2 fully saturated rings. The summed E-state index contributed by atoms with van der Waals surface area (Å²) < 4.78 is 37.6. The van der Waals surface area contributed by atoms with Crippen LogP contribution in [0.4, 0.5) is 23.7 Å². The van der Waals surface area contributed by atoms with Gasteiger partial charge in [0.25, 0.3) is 5.91 Å². The minimum absolute atomic E-state index is 0.0507. The predicted molar refractivity (Wildman–Crippen MR) is 89.8 cm³/mol.